The highest BCUT2D eigenvalue weighted by Gasteiger charge is 2.25. The molecule has 0 amide bonds. The first kappa shape index (κ1) is 15.3. The Morgan fingerprint density at radius 1 is 1.22 bits per heavy atom. The summed E-state index contributed by atoms with van der Waals surface area (Å²) in [6.45, 7) is 9.24. The van der Waals surface area contributed by atoms with Crippen molar-refractivity contribution in [3.05, 3.63) is 40.6 Å². The van der Waals surface area contributed by atoms with Crippen molar-refractivity contribution in [3.8, 4) is 0 Å². The third kappa shape index (κ3) is 3.83. The average Bonchev–Trinajstić information content (AvgIpc) is 3.18. The second kappa shape index (κ2) is 7.13. The summed E-state index contributed by atoms with van der Waals surface area (Å²) in [5, 5.41) is 2.17. The van der Waals surface area contributed by atoms with E-state index in [9.17, 15) is 0 Å². The number of morpholine rings is 1. The molecule has 2 aliphatic rings. The summed E-state index contributed by atoms with van der Waals surface area (Å²) in [5.74, 6) is 1.84. The largest absolute Gasteiger partial charge is 0.379 e. The fraction of sp³-hybridized carbons (Fsp3) is 0.588. The van der Waals surface area contributed by atoms with Crippen LogP contribution in [-0.4, -0.2) is 58.7 Å². The van der Waals surface area contributed by atoms with Gasteiger partial charge in [-0.3, -0.25) is 9.80 Å². The summed E-state index contributed by atoms with van der Waals surface area (Å²) in [6, 6.07) is 4.38. The minimum absolute atomic E-state index is 0.642. The fourth-order valence-electron chi connectivity index (χ4n) is 3.63. The minimum Gasteiger partial charge on any atom is -0.379 e. The summed E-state index contributed by atoms with van der Waals surface area (Å²) in [6.07, 6.45) is 4.08. The van der Waals surface area contributed by atoms with Crippen molar-refractivity contribution in [2.75, 3.05) is 39.4 Å². The predicted octanol–water partition coefficient (Wildman–Crippen LogP) is 1.91. The van der Waals surface area contributed by atoms with Gasteiger partial charge in [0.25, 0.3) is 0 Å². The molecule has 1 saturated heterocycles. The van der Waals surface area contributed by atoms with Crippen LogP contribution in [0, 0.1) is 5.92 Å². The first-order valence-corrected chi connectivity index (χ1v) is 9.29. The van der Waals surface area contributed by atoms with Crippen LogP contribution in [0.5, 0.6) is 0 Å². The molecular weight excluding hydrogens is 308 g/mol. The van der Waals surface area contributed by atoms with E-state index in [-0.39, 0.29) is 0 Å². The summed E-state index contributed by atoms with van der Waals surface area (Å²) >= 11 is 1.85. The molecule has 0 saturated carbocycles. The van der Waals surface area contributed by atoms with Crippen molar-refractivity contribution < 1.29 is 4.74 Å². The fourth-order valence-corrected chi connectivity index (χ4v) is 4.38. The molecule has 0 unspecified atom stereocenters. The molecule has 0 radical (unpaired) electrons. The molecule has 5 nitrogen and oxygen atoms in total. The Hall–Kier alpha value is -1.21. The van der Waals surface area contributed by atoms with Crippen LogP contribution in [0.15, 0.2) is 29.9 Å². The van der Waals surface area contributed by atoms with E-state index >= 15 is 0 Å². The van der Waals surface area contributed by atoms with Gasteiger partial charge in [0.15, 0.2) is 0 Å². The molecule has 2 aliphatic heterocycles. The summed E-state index contributed by atoms with van der Waals surface area (Å²) in [7, 11) is 0. The van der Waals surface area contributed by atoms with E-state index in [0.29, 0.717) is 5.92 Å². The highest BCUT2D eigenvalue weighted by atomic mass is 32.1. The van der Waals surface area contributed by atoms with Crippen LogP contribution < -0.4 is 0 Å². The van der Waals surface area contributed by atoms with Gasteiger partial charge in [0.1, 0.15) is 5.82 Å². The minimum atomic E-state index is 0.642. The SMILES string of the molecule is c1csc(CN2Cc3nccn3C[C@H](CN3CCOCC3)C2)c1. The van der Waals surface area contributed by atoms with Crippen molar-refractivity contribution in [1.29, 1.82) is 0 Å². The molecule has 0 aromatic carbocycles. The quantitative estimate of drug-likeness (QED) is 0.856. The number of nitrogens with zero attached hydrogens (tertiary/aromatic N) is 4. The lowest BCUT2D eigenvalue weighted by atomic mass is 10.1. The predicted molar refractivity (Wildman–Crippen MR) is 91.4 cm³/mol. The highest BCUT2D eigenvalue weighted by Crippen LogP contribution is 2.20. The molecule has 23 heavy (non-hydrogen) atoms. The van der Waals surface area contributed by atoms with Crippen molar-refractivity contribution in [2.24, 2.45) is 5.92 Å². The number of ether oxygens (including phenoxy) is 1. The molecule has 4 heterocycles. The van der Waals surface area contributed by atoms with Gasteiger partial charge in [-0.05, 0) is 11.4 Å². The van der Waals surface area contributed by atoms with Crippen molar-refractivity contribution in [3.63, 3.8) is 0 Å². The van der Waals surface area contributed by atoms with E-state index in [2.05, 4.69) is 43.1 Å². The monoisotopic (exact) mass is 332 g/mol. The highest BCUT2D eigenvalue weighted by molar-refractivity contribution is 7.09. The third-order valence-electron chi connectivity index (χ3n) is 4.72. The Balaban J connectivity index is 1.47. The van der Waals surface area contributed by atoms with Gasteiger partial charge in [-0.1, -0.05) is 6.07 Å². The zero-order chi connectivity index (χ0) is 15.5. The average molecular weight is 332 g/mol. The number of fused-ring (bicyclic) bond motifs is 1. The Kier molecular flexibility index (Phi) is 4.75. The zero-order valence-electron chi connectivity index (χ0n) is 13.4. The first-order valence-electron chi connectivity index (χ1n) is 8.41. The van der Waals surface area contributed by atoms with Gasteiger partial charge in [-0.2, -0.15) is 0 Å². The van der Waals surface area contributed by atoms with Gasteiger partial charge < -0.3 is 9.30 Å². The molecule has 1 atom stereocenters. The number of aromatic nitrogens is 2. The Labute approximate surface area is 141 Å². The lowest BCUT2D eigenvalue weighted by Gasteiger charge is -2.31. The number of hydrogen-bond acceptors (Lipinski definition) is 5. The van der Waals surface area contributed by atoms with Gasteiger partial charge in [0.05, 0.1) is 19.8 Å². The molecular formula is C17H24N4OS. The smallest absolute Gasteiger partial charge is 0.122 e. The van der Waals surface area contributed by atoms with Crippen LogP contribution in [0.4, 0.5) is 0 Å². The van der Waals surface area contributed by atoms with Crippen molar-refractivity contribution in [2.45, 2.75) is 19.6 Å². The van der Waals surface area contributed by atoms with E-state index in [1.807, 2.05) is 17.5 Å². The Bertz CT molecular complexity index is 606. The van der Waals surface area contributed by atoms with Crippen LogP contribution >= 0.6 is 11.3 Å². The molecule has 0 N–H and O–H groups in total. The molecule has 2 aromatic heterocycles. The lowest BCUT2D eigenvalue weighted by Crippen LogP contribution is -2.42. The summed E-state index contributed by atoms with van der Waals surface area (Å²) in [5.41, 5.74) is 0. The van der Waals surface area contributed by atoms with Crippen LogP contribution in [-0.2, 0) is 24.4 Å². The normalized spacial score (nSPS) is 23.6. The van der Waals surface area contributed by atoms with Gasteiger partial charge in [-0.15, -0.1) is 11.3 Å². The second-order valence-electron chi connectivity index (χ2n) is 6.52. The maximum atomic E-state index is 5.48. The molecule has 6 heteroatoms. The number of hydrogen-bond donors (Lipinski definition) is 0. The van der Waals surface area contributed by atoms with Gasteiger partial charge in [-0.25, -0.2) is 4.98 Å². The van der Waals surface area contributed by atoms with Gasteiger partial charge >= 0.3 is 0 Å². The number of thiophene rings is 1. The first-order chi connectivity index (χ1) is 11.4. The topological polar surface area (TPSA) is 33.5 Å². The number of rotatable bonds is 4. The molecule has 0 bridgehead atoms. The standard InChI is InChI=1S/C17H24N4OS/c1-2-16(23-9-1)13-20-11-15(10-19-5-7-22-8-6-19)12-21-4-3-18-17(21)14-20/h1-4,9,15H,5-8,10-14H2/t15-/m1/s1. The number of imidazole rings is 1. The van der Waals surface area contributed by atoms with Gasteiger partial charge in [0, 0.05) is 62.5 Å². The Morgan fingerprint density at radius 2 is 2.13 bits per heavy atom. The lowest BCUT2D eigenvalue weighted by molar-refractivity contribution is 0.0266. The third-order valence-corrected chi connectivity index (χ3v) is 5.58. The molecule has 2 aromatic rings. The van der Waals surface area contributed by atoms with Gasteiger partial charge in [0.2, 0.25) is 0 Å². The van der Waals surface area contributed by atoms with Crippen LogP contribution in [0.1, 0.15) is 10.7 Å². The molecule has 1 fully saturated rings. The zero-order valence-corrected chi connectivity index (χ0v) is 14.2. The summed E-state index contributed by atoms with van der Waals surface area (Å²) in [4.78, 5) is 11.1. The maximum Gasteiger partial charge on any atom is 0.122 e. The van der Waals surface area contributed by atoms with Crippen molar-refractivity contribution in [1.82, 2.24) is 19.4 Å². The molecule has 124 valence electrons. The van der Waals surface area contributed by atoms with Crippen LogP contribution in [0.3, 0.4) is 0 Å². The summed E-state index contributed by atoms with van der Waals surface area (Å²) < 4.78 is 7.83. The molecule has 4 rings (SSSR count). The van der Waals surface area contributed by atoms with E-state index in [0.717, 1.165) is 59.0 Å². The van der Waals surface area contributed by atoms with Crippen LogP contribution in [0.25, 0.3) is 0 Å². The van der Waals surface area contributed by atoms with E-state index < -0.39 is 0 Å². The van der Waals surface area contributed by atoms with E-state index in [4.69, 9.17) is 4.74 Å². The Morgan fingerprint density at radius 3 is 2.96 bits per heavy atom. The second-order valence-corrected chi connectivity index (χ2v) is 7.56. The van der Waals surface area contributed by atoms with E-state index in [1.54, 1.807) is 0 Å². The van der Waals surface area contributed by atoms with E-state index in [1.165, 1.54) is 10.7 Å². The van der Waals surface area contributed by atoms with Crippen LogP contribution in [0.2, 0.25) is 0 Å². The maximum absolute atomic E-state index is 5.48. The molecule has 0 aliphatic carbocycles. The van der Waals surface area contributed by atoms with Crippen molar-refractivity contribution >= 4 is 11.3 Å². The molecule has 0 spiro atoms.